The summed E-state index contributed by atoms with van der Waals surface area (Å²) in [7, 11) is 1.45. The van der Waals surface area contributed by atoms with Crippen LogP contribution in [0.3, 0.4) is 0 Å². The van der Waals surface area contributed by atoms with Gasteiger partial charge in [0.25, 0.3) is 0 Å². The molecule has 3 N–H and O–H groups in total. The molecule has 0 aromatic rings. The van der Waals surface area contributed by atoms with Gasteiger partial charge in [-0.2, -0.15) is 13.2 Å². The lowest BCUT2D eigenvalue weighted by atomic mass is 10.0. The van der Waals surface area contributed by atoms with Crippen LogP contribution in [0.4, 0.5) is 18.0 Å². The average Bonchev–Trinajstić information content (AvgIpc) is 2.43. The van der Waals surface area contributed by atoms with Gasteiger partial charge in [-0.15, -0.1) is 0 Å². The third kappa shape index (κ3) is 6.99. The Kier molecular flexibility index (Phi) is 8.88. The first-order valence-electron chi connectivity index (χ1n) is 6.81. The molecule has 0 bridgehead atoms. The van der Waals surface area contributed by atoms with E-state index in [9.17, 15) is 23.1 Å². The summed E-state index contributed by atoms with van der Waals surface area (Å²) in [5.41, 5.74) is -3.21. The van der Waals surface area contributed by atoms with Crippen LogP contribution in [-0.4, -0.2) is 55.8 Å². The molecule has 0 spiro atoms. The molecule has 0 heterocycles. The Hall–Kier alpha value is -1.48. The predicted octanol–water partition coefficient (Wildman–Crippen LogP) is 1.55. The summed E-state index contributed by atoms with van der Waals surface area (Å²) in [5, 5.41) is 14.1. The first-order valence-corrected chi connectivity index (χ1v) is 6.81. The molecule has 0 saturated heterocycles. The van der Waals surface area contributed by atoms with Crippen LogP contribution in [-0.2, 0) is 9.47 Å². The van der Waals surface area contributed by atoms with E-state index in [0.717, 1.165) is 6.26 Å². The maximum atomic E-state index is 12.9. The number of urea groups is 1. The molecule has 2 atom stereocenters. The number of alkyl halides is 3. The van der Waals surface area contributed by atoms with E-state index < -0.39 is 24.4 Å². The fraction of sp³-hybridized carbons (Fsp3) is 0.769. The standard InChI is InChI=1S/C13H23F3N2O4/c1-4-10(8-21-3)18-11(19)17-9-12(20,13(14,15)16)6-7-22-5-2/h6-7,10,20H,4-5,8-9H2,1-3H3,(H2,17,18,19)/b7-6+/t10-,12-/m0/s1. The summed E-state index contributed by atoms with van der Waals surface area (Å²) < 4.78 is 48.2. The molecule has 22 heavy (non-hydrogen) atoms. The van der Waals surface area contributed by atoms with Gasteiger partial charge in [0.15, 0.2) is 5.60 Å². The van der Waals surface area contributed by atoms with Crippen molar-refractivity contribution in [3.8, 4) is 0 Å². The number of halogens is 3. The van der Waals surface area contributed by atoms with Crippen LogP contribution in [0.1, 0.15) is 20.3 Å². The second-order valence-corrected chi connectivity index (χ2v) is 4.57. The Labute approximate surface area is 127 Å². The third-order valence-corrected chi connectivity index (χ3v) is 2.81. The van der Waals surface area contributed by atoms with Crippen molar-refractivity contribution in [1.82, 2.24) is 10.6 Å². The lowest BCUT2D eigenvalue weighted by Gasteiger charge is -2.28. The van der Waals surface area contributed by atoms with E-state index in [4.69, 9.17) is 4.74 Å². The minimum absolute atomic E-state index is 0.160. The summed E-state index contributed by atoms with van der Waals surface area (Å²) in [6.45, 7) is 2.74. The molecule has 0 aliphatic rings. The Balaban J connectivity index is 4.66. The fourth-order valence-electron chi connectivity index (χ4n) is 1.42. The zero-order valence-corrected chi connectivity index (χ0v) is 12.9. The van der Waals surface area contributed by atoms with E-state index in [1.807, 2.05) is 5.32 Å². The average molecular weight is 328 g/mol. The van der Waals surface area contributed by atoms with Gasteiger partial charge in [0.2, 0.25) is 0 Å². The quantitative estimate of drug-likeness (QED) is 0.561. The van der Waals surface area contributed by atoms with Crippen molar-refractivity contribution in [3.05, 3.63) is 12.3 Å². The molecule has 0 saturated carbocycles. The number of carbonyl (C=O) groups excluding carboxylic acids is 1. The van der Waals surface area contributed by atoms with Crippen molar-refractivity contribution in [1.29, 1.82) is 0 Å². The molecule has 0 aliphatic carbocycles. The van der Waals surface area contributed by atoms with E-state index in [1.54, 1.807) is 13.8 Å². The second-order valence-electron chi connectivity index (χ2n) is 4.57. The molecular formula is C13H23F3N2O4. The van der Waals surface area contributed by atoms with Crippen molar-refractivity contribution in [2.24, 2.45) is 0 Å². The number of hydrogen-bond acceptors (Lipinski definition) is 4. The molecule has 0 fully saturated rings. The van der Waals surface area contributed by atoms with Crippen LogP contribution in [0, 0.1) is 0 Å². The van der Waals surface area contributed by atoms with Crippen LogP contribution >= 0.6 is 0 Å². The SMILES string of the molecule is CCO/C=C/[C@](O)(CNC(=O)N[C@@H](CC)COC)C(F)(F)F. The molecule has 9 heteroatoms. The fourth-order valence-corrected chi connectivity index (χ4v) is 1.42. The Morgan fingerprint density at radius 3 is 2.45 bits per heavy atom. The Morgan fingerprint density at radius 2 is 2.00 bits per heavy atom. The molecule has 0 radical (unpaired) electrons. The van der Waals surface area contributed by atoms with Crippen LogP contribution in [0.2, 0.25) is 0 Å². The Bertz CT molecular complexity index is 364. The second kappa shape index (κ2) is 9.52. The maximum Gasteiger partial charge on any atom is 0.422 e. The lowest BCUT2D eigenvalue weighted by molar-refractivity contribution is -0.237. The highest BCUT2D eigenvalue weighted by Crippen LogP contribution is 2.31. The first-order chi connectivity index (χ1) is 10.2. The van der Waals surface area contributed by atoms with E-state index in [2.05, 4.69) is 10.1 Å². The van der Waals surface area contributed by atoms with Crippen LogP contribution in [0.5, 0.6) is 0 Å². The van der Waals surface area contributed by atoms with Crippen molar-refractivity contribution < 1.29 is 32.5 Å². The number of aliphatic hydroxyl groups is 1. The van der Waals surface area contributed by atoms with Gasteiger partial charge in [-0.1, -0.05) is 6.92 Å². The summed E-state index contributed by atoms with van der Waals surface area (Å²) in [5.74, 6) is 0. The van der Waals surface area contributed by atoms with Crippen LogP contribution < -0.4 is 10.6 Å². The zero-order chi connectivity index (χ0) is 17.2. The summed E-state index contributed by atoms with van der Waals surface area (Å²) in [6.07, 6.45) is -3.18. The van der Waals surface area contributed by atoms with Crippen molar-refractivity contribution in [3.63, 3.8) is 0 Å². The largest absolute Gasteiger partial charge is 0.502 e. The van der Waals surface area contributed by atoms with E-state index in [1.165, 1.54) is 7.11 Å². The van der Waals surface area contributed by atoms with Crippen LogP contribution in [0.25, 0.3) is 0 Å². The molecule has 0 rings (SSSR count). The van der Waals surface area contributed by atoms with Gasteiger partial charge in [-0.25, -0.2) is 4.79 Å². The zero-order valence-electron chi connectivity index (χ0n) is 12.9. The number of methoxy groups -OCH3 is 1. The lowest BCUT2D eigenvalue weighted by Crippen LogP contribution is -2.55. The van der Waals surface area contributed by atoms with Gasteiger partial charge in [-0.3, -0.25) is 0 Å². The maximum absolute atomic E-state index is 12.9. The first kappa shape index (κ1) is 20.5. The predicted molar refractivity (Wildman–Crippen MR) is 74.3 cm³/mol. The van der Waals surface area contributed by atoms with Gasteiger partial charge in [0, 0.05) is 7.11 Å². The summed E-state index contributed by atoms with van der Waals surface area (Å²) in [6, 6.07) is -1.15. The number of rotatable bonds is 9. The number of amides is 2. The highest BCUT2D eigenvalue weighted by atomic mass is 19.4. The van der Waals surface area contributed by atoms with E-state index >= 15 is 0 Å². The van der Waals surface area contributed by atoms with Gasteiger partial charge < -0.3 is 25.2 Å². The molecule has 0 aromatic heterocycles. The highest BCUT2D eigenvalue weighted by Gasteiger charge is 2.52. The van der Waals surface area contributed by atoms with E-state index in [0.29, 0.717) is 12.5 Å². The van der Waals surface area contributed by atoms with Crippen molar-refractivity contribution in [2.75, 3.05) is 26.9 Å². The highest BCUT2D eigenvalue weighted by molar-refractivity contribution is 5.74. The summed E-state index contributed by atoms with van der Waals surface area (Å²) in [4.78, 5) is 11.6. The number of nitrogens with one attached hydrogen (secondary N) is 2. The number of hydrogen-bond donors (Lipinski definition) is 3. The van der Waals surface area contributed by atoms with Crippen molar-refractivity contribution >= 4 is 6.03 Å². The van der Waals surface area contributed by atoms with Gasteiger partial charge in [0.05, 0.1) is 32.1 Å². The minimum atomic E-state index is -4.95. The molecule has 2 amide bonds. The molecular weight excluding hydrogens is 305 g/mol. The van der Waals surface area contributed by atoms with E-state index in [-0.39, 0.29) is 19.3 Å². The number of ether oxygens (including phenoxy) is 2. The summed E-state index contributed by atoms with van der Waals surface area (Å²) >= 11 is 0. The van der Waals surface area contributed by atoms with Crippen LogP contribution in [0.15, 0.2) is 12.3 Å². The number of carbonyl (C=O) groups is 1. The van der Waals surface area contributed by atoms with Crippen molar-refractivity contribution in [2.45, 2.75) is 38.1 Å². The monoisotopic (exact) mass is 328 g/mol. The molecule has 130 valence electrons. The molecule has 0 aromatic carbocycles. The molecule has 0 unspecified atom stereocenters. The van der Waals surface area contributed by atoms with Gasteiger partial charge in [0.1, 0.15) is 0 Å². The topological polar surface area (TPSA) is 79.8 Å². The third-order valence-electron chi connectivity index (χ3n) is 2.81. The minimum Gasteiger partial charge on any atom is -0.502 e. The Morgan fingerprint density at radius 1 is 1.36 bits per heavy atom. The normalized spacial score (nSPS) is 16.1. The van der Waals surface area contributed by atoms with Gasteiger partial charge >= 0.3 is 12.2 Å². The van der Waals surface area contributed by atoms with Gasteiger partial charge in [-0.05, 0) is 19.4 Å². The smallest absolute Gasteiger partial charge is 0.422 e. The molecule has 0 aliphatic heterocycles. The molecule has 6 nitrogen and oxygen atoms in total.